The molecule has 3 aromatic rings. The number of rotatable bonds is 7. The minimum atomic E-state index is -3.79. The predicted molar refractivity (Wildman–Crippen MR) is 109 cm³/mol. The molecule has 29 heavy (non-hydrogen) atoms. The van der Waals surface area contributed by atoms with Crippen LogP contribution in [-0.4, -0.2) is 35.2 Å². The van der Waals surface area contributed by atoms with Crippen molar-refractivity contribution < 1.29 is 13.3 Å². The summed E-state index contributed by atoms with van der Waals surface area (Å²) < 4.78 is 28.0. The maximum absolute atomic E-state index is 12.0. The van der Waals surface area contributed by atoms with Crippen LogP contribution in [0.15, 0.2) is 57.4 Å². The molecular weight excluding hydrogens is 414 g/mol. The molecule has 0 atom stereocenters. The van der Waals surface area contributed by atoms with Crippen molar-refractivity contribution in [3.8, 4) is 11.4 Å². The van der Waals surface area contributed by atoms with Crippen molar-refractivity contribution in [3.05, 3.63) is 58.1 Å². The summed E-state index contributed by atoms with van der Waals surface area (Å²) in [5.74, 6) is 0.671. The van der Waals surface area contributed by atoms with E-state index < -0.39 is 14.9 Å². The van der Waals surface area contributed by atoms with E-state index >= 15 is 0 Å². The summed E-state index contributed by atoms with van der Waals surface area (Å²) in [6.07, 6.45) is 0. The number of aromatic nitrogens is 3. The van der Waals surface area contributed by atoms with Crippen LogP contribution in [0.3, 0.4) is 0 Å². The molecule has 2 aromatic carbocycles. The Morgan fingerprint density at radius 2 is 1.93 bits per heavy atom. The van der Waals surface area contributed by atoms with Gasteiger partial charge in [-0.2, -0.15) is 0 Å². The lowest BCUT2D eigenvalue weighted by atomic mass is 10.1. The first kappa shape index (κ1) is 21.0. The Bertz CT molecular complexity index is 1170. The molecule has 11 heteroatoms. The number of aryl methyl sites for hydroxylation is 1. The molecule has 0 spiro atoms. The molecule has 0 fully saturated rings. The molecule has 1 N–H and O–H groups in total. The fraction of sp³-hybridized carbons (Fsp3) is 0.222. The molecule has 152 valence electrons. The molecule has 0 aliphatic rings. The van der Waals surface area contributed by atoms with E-state index in [1.165, 1.54) is 19.2 Å². The molecule has 0 aliphatic heterocycles. The summed E-state index contributed by atoms with van der Waals surface area (Å²) in [6.45, 7) is 4.48. The minimum absolute atomic E-state index is 0.173. The molecule has 0 radical (unpaired) electrons. The van der Waals surface area contributed by atoms with Gasteiger partial charge in [0.25, 0.3) is 5.69 Å². The molecule has 0 aliphatic carbocycles. The van der Waals surface area contributed by atoms with Gasteiger partial charge in [-0.1, -0.05) is 24.3 Å². The van der Waals surface area contributed by atoms with Crippen LogP contribution in [0.5, 0.6) is 0 Å². The highest BCUT2D eigenvalue weighted by molar-refractivity contribution is 7.99. The minimum Gasteiger partial charge on any atom is -0.302 e. The Morgan fingerprint density at radius 3 is 2.55 bits per heavy atom. The number of nitrogens with one attached hydrogen (secondary N) is 1. The molecule has 1 aromatic heterocycles. The van der Waals surface area contributed by atoms with E-state index in [-0.39, 0.29) is 15.5 Å². The number of nitrogens with zero attached hydrogens (tertiary/aromatic N) is 4. The van der Waals surface area contributed by atoms with Crippen LogP contribution in [-0.2, 0) is 16.6 Å². The third-order valence-corrected chi connectivity index (χ3v) is 6.79. The summed E-state index contributed by atoms with van der Waals surface area (Å²) in [5.41, 5.74) is 1.66. The fourth-order valence-electron chi connectivity index (χ4n) is 2.78. The summed E-state index contributed by atoms with van der Waals surface area (Å²) in [6, 6.07) is 11.6. The van der Waals surface area contributed by atoms with Crippen LogP contribution >= 0.6 is 11.8 Å². The molecule has 0 unspecified atom stereocenters. The van der Waals surface area contributed by atoms with Crippen molar-refractivity contribution >= 4 is 27.5 Å². The largest absolute Gasteiger partial charge is 0.302 e. The van der Waals surface area contributed by atoms with Gasteiger partial charge in [0, 0.05) is 18.2 Å². The van der Waals surface area contributed by atoms with Crippen molar-refractivity contribution in [3.63, 3.8) is 0 Å². The molecule has 0 bridgehead atoms. The first-order valence-electron chi connectivity index (χ1n) is 8.67. The number of nitro benzene ring substituents is 1. The lowest BCUT2D eigenvalue weighted by Gasteiger charge is -2.10. The van der Waals surface area contributed by atoms with Crippen LogP contribution in [0.2, 0.25) is 0 Å². The molecule has 0 saturated heterocycles. The highest BCUT2D eigenvalue weighted by Crippen LogP contribution is 2.37. The molecule has 3 rings (SSSR count). The van der Waals surface area contributed by atoms with Gasteiger partial charge in [0.1, 0.15) is 0 Å². The van der Waals surface area contributed by atoms with E-state index in [1.54, 1.807) is 0 Å². The third-order valence-electron chi connectivity index (χ3n) is 4.33. The second kappa shape index (κ2) is 8.31. The number of hydrogen-bond donors (Lipinski definition) is 1. The average Bonchev–Trinajstić information content (AvgIpc) is 3.10. The zero-order valence-electron chi connectivity index (χ0n) is 16.0. The molecule has 9 nitrogen and oxygen atoms in total. The normalized spacial score (nSPS) is 11.6. The highest BCUT2D eigenvalue weighted by atomic mass is 32.2. The zero-order valence-corrected chi connectivity index (χ0v) is 17.6. The Kier molecular flexibility index (Phi) is 6.01. The van der Waals surface area contributed by atoms with Crippen molar-refractivity contribution in [2.45, 2.75) is 35.3 Å². The topological polar surface area (TPSA) is 120 Å². The van der Waals surface area contributed by atoms with Gasteiger partial charge in [0.05, 0.1) is 14.7 Å². The van der Waals surface area contributed by atoms with Crippen LogP contribution in [0.4, 0.5) is 5.69 Å². The number of nitro groups is 1. The van der Waals surface area contributed by atoms with Crippen molar-refractivity contribution in [1.82, 2.24) is 19.5 Å². The van der Waals surface area contributed by atoms with E-state index in [0.29, 0.717) is 17.5 Å². The number of benzene rings is 2. The van der Waals surface area contributed by atoms with Crippen molar-refractivity contribution in [2.24, 2.45) is 0 Å². The van der Waals surface area contributed by atoms with E-state index in [0.717, 1.165) is 29.0 Å². The van der Waals surface area contributed by atoms with Gasteiger partial charge >= 0.3 is 0 Å². The zero-order chi connectivity index (χ0) is 21.2. The van der Waals surface area contributed by atoms with E-state index in [9.17, 15) is 18.5 Å². The average molecular weight is 434 g/mol. The summed E-state index contributed by atoms with van der Waals surface area (Å²) in [4.78, 5) is 11.0. The van der Waals surface area contributed by atoms with Gasteiger partial charge in [0.15, 0.2) is 11.0 Å². The Morgan fingerprint density at radius 1 is 1.21 bits per heavy atom. The molecular formula is C18H19N5O4S2. The second-order valence-corrected chi connectivity index (χ2v) is 8.96. The summed E-state index contributed by atoms with van der Waals surface area (Å²) in [7, 11) is -2.54. The van der Waals surface area contributed by atoms with Crippen LogP contribution < -0.4 is 4.72 Å². The van der Waals surface area contributed by atoms with Gasteiger partial charge in [-0.3, -0.25) is 10.1 Å². The second-order valence-electron chi connectivity index (χ2n) is 6.06. The maximum Gasteiger partial charge on any atom is 0.284 e. The third kappa shape index (κ3) is 4.16. The van der Waals surface area contributed by atoms with Crippen LogP contribution in [0.1, 0.15) is 12.5 Å². The van der Waals surface area contributed by atoms with E-state index in [4.69, 9.17) is 0 Å². The Balaban J connectivity index is 2.05. The first-order valence-corrected chi connectivity index (χ1v) is 11.0. The summed E-state index contributed by atoms with van der Waals surface area (Å²) >= 11 is 1.07. The standard InChI is InChI=1S/C18H19N5O4S2/c1-4-22-17(14-8-6-5-7-12(14)2)20-21-18(22)28-16-10-9-13(29(26,27)19-3)11-15(16)23(24)25/h5-11,19H,4H2,1-3H3. The van der Waals surface area contributed by atoms with Crippen molar-refractivity contribution in [2.75, 3.05) is 7.05 Å². The monoisotopic (exact) mass is 433 g/mol. The maximum atomic E-state index is 12.0. The lowest BCUT2D eigenvalue weighted by molar-refractivity contribution is -0.388. The van der Waals surface area contributed by atoms with Crippen LogP contribution in [0, 0.1) is 17.0 Å². The first-order chi connectivity index (χ1) is 13.8. The smallest absolute Gasteiger partial charge is 0.284 e. The fourth-order valence-corrected chi connectivity index (χ4v) is 4.51. The Hall–Kier alpha value is -2.76. The summed E-state index contributed by atoms with van der Waals surface area (Å²) in [5, 5.41) is 20.5. The molecule has 0 amide bonds. The lowest BCUT2D eigenvalue weighted by Crippen LogP contribution is -2.18. The van der Waals surface area contributed by atoms with Crippen LogP contribution in [0.25, 0.3) is 11.4 Å². The SMILES string of the molecule is CCn1c(Sc2ccc(S(=O)(=O)NC)cc2[N+](=O)[O-])nnc1-c1ccccc1C. The molecule has 0 saturated carbocycles. The van der Waals surface area contributed by atoms with E-state index in [1.807, 2.05) is 42.7 Å². The highest BCUT2D eigenvalue weighted by Gasteiger charge is 2.23. The predicted octanol–water partition coefficient (Wildman–Crippen LogP) is 3.24. The van der Waals surface area contributed by atoms with Gasteiger partial charge < -0.3 is 4.57 Å². The van der Waals surface area contributed by atoms with Gasteiger partial charge in [-0.05, 0) is 50.4 Å². The van der Waals surface area contributed by atoms with Gasteiger partial charge in [0.2, 0.25) is 10.0 Å². The number of sulfonamides is 1. The van der Waals surface area contributed by atoms with E-state index in [2.05, 4.69) is 14.9 Å². The van der Waals surface area contributed by atoms with Gasteiger partial charge in [-0.25, -0.2) is 13.1 Å². The Labute approximate surface area is 172 Å². The van der Waals surface area contributed by atoms with Gasteiger partial charge in [-0.15, -0.1) is 10.2 Å². The van der Waals surface area contributed by atoms with Crippen molar-refractivity contribution in [1.29, 1.82) is 0 Å². The quantitative estimate of drug-likeness (QED) is 0.448. The molecule has 1 heterocycles. The number of hydrogen-bond acceptors (Lipinski definition) is 7.